The molecule has 0 atom stereocenters. The Morgan fingerprint density at radius 2 is 1.38 bits per heavy atom. The van der Waals surface area contributed by atoms with Crippen LogP contribution in [0.1, 0.15) is 16.1 Å². The summed E-state index contributed by atoms with van der Waals surface area (Å²) in [4.78, 5) is 25.7. The lowest BCUT2D eigenvalue weighted by Crippen LogP contribution is -2.15. The molecule has 0 amide bonds. The second kappa shape index (κ2) is 10.4. The Balaban J connectivity index is 1.44. The van der Waals surface area contributed by atoms with Crippen molar-refractivity contribution in [2.75, 3.05) is 7.11 Å². The number of hydrogen-bond acceptors (Lipinski definition) is 6. The zero-order valence-corrected chi connectivity index (χ0v) is 20.3. The first-order valence-electron chi connectivity index (χ1n) is 11.6. The molecule has 0 bridgehead atoms. The molecule has 0 unspecified atom stereocenters. The van der Waals surface area contributed by atoms with Crippen LogP contribution < -0.4 is 19.6 Å². The van der Waals surface area contributed by atoms with E-state index >= 15 is 0 Å². The van der Waals surface area contributed by atoms with Crippen LogP contribution in [0, 0.1) is 0 Å². The van der Waals surface area contributed by atoms with Crippen LogP contribution >= 0.6 is 0 Å². The first-order valence-corrected chi connectivity index (χ1v) is 11.6. The fourth-order valence-corrected chi connectivity index (χ4v) is 3.86. The van der Waals surface area contributed by atoms with E-state index in [-0.39, 0.29) is 22.4 Å². The van der Waals surface area contributed by atoms with Gasteiger partial charge in [0, 0.05) is 6.07 Å². The van der Waals surface area contributed by atoms with Gasteiger partial charge in [0.2, 0.25) is 11.2 Å². The highest BCUT2D eigenvalue weighted by atomic mass is 19.4. The van der Waals surface area contributed by atoms with Crippen molar-refractivity contribution < 1.29 is 36.6 Å². The highest BCUT2D eigenvalue weighted by molar-refractivity contribution is 5.92. The number of halogens is 3. The Bertz CT molecular complexity index is 1690. The predicted molar refractivity (Wildman–Crippen MR) is 137 cm³/mol. The zero-order chi connectivity index (χ0) is 27.6. The largest absolute Gasteiger partial charge is 0.497 e. The van der Waals surface area contributed by atoms with Crippen LogP contribution in [0.2, 0.25) is 0 Å². The monoisotopic (exact) mass is 532 g/mol. The maximum absolute atomic E-state index is 13.8. The third kappa shape index (κ3) is 5.47. The first-order chi connectivity index (χ1) is 18.7. The fourth-order valence-electron chi connectivity index (χ4n) is 3.86. The SMILES string of the molecule is COc1ccc(Oc2c(C(F)(F)F)oc3cc(OC(=O)c4ccc(-c5ccccc5)cc4)ccc3c2=O)cc1. The van der Waals surface area contributed by atoms with E-state index in [1.807, 2.05) is 30.3 Å². The molecule has 0 saturated heterocycles. The van der Waals surface area contributed by atoms with Crippen LogP contribution in [0.3, 0.4) is 0 Å². The zero-order valence-electron chi connectivity index (χ0n) is 20.3. The molecule has 5 rings (SSSR count). The molecule has 39 heavy (non-hydrogen) atoms. The molecule has 4 aromatic carbocycles. The van der Waals surface area contributed by atoms with Gasteiger partial charge in [-0.15, -0.1) is 0 Å². The number of fused-ring (bicyclic) bond motifs is 1. The molecule has 0 aliphatic rings. The summed E-state index contributed by atoms with van der Waals surface area (Å²) >= 11 is 0. The van der Waals surface area contributed by atoms with Crippen molar-refractivity contribution >= 4 is 16.9 Å². The van der Waals surface area contributed by atoms with E-state index < -0.39 is 34.7 Å². The number of benzene rings is 4. The van der Waals surface area contributed by atoms with Crippen LogP contribution in [0.15, 0.2) is 106 Å². The third-order valence-electron chi connectivity index (χ3n) is 5.80. The van der Waals surface area contributed by atoms with Crippen LogP contribution in [0.4, 0.5) is 13.2 Å². The van der Waals surface area contributed by atoms with Crippen molar-refractivity contribution in [2.45, 2.75) is 6.18 Å². The second-order valence-electron chi connectivity index (χ2n) is 8.36. The molecule has 0 fully saturated rings. The van der Waals surface area contributed by atoms with Gasteiger partial charge in [0.15, 0.2) is 0 Å². The summed E-state index contributed by atoms with van der Waals surface area (Å²) in [5.41, 5.74) is 0.646. The van der Waals surface area contributed by atoms with Gasteiger partial charge in [0.1, 0.15) is 22.8 Å². The number of rotatable bonds is 6. The Morgan fingerprint density at radius 3 is 2.03 bits per heavy atom. The van der Waals surface area contributed by atoms with Crippen LogP contribution in [0.5, 0.6) is 23.0 Å². The summed E-state index contributed by atoms with van der Waals surface area (Å²) in [6.07, 6.45) is -5.04. The molecular weight excluding hydrogens is 513 g/mol. The lowest BCUT2D eigenvalue weighted by Gasteiger charge is -2.14. The molecule has 0 spiro atoms. The van der Waals surface area contributed by atoms with Gasteiger partial charge >= 0.3 is 12.1 Å². The summed E-state index contributed by atoms with van der Waals surface area (Å²) in [6, 6.07) is 25.4. The van der Waals surface area contributed by atoms with E-state index in [2.05, 4.69) is 0 Å². The summed E-state index contributed by atoms with van der Waals surface area (Å²) in [5.74, 6) is -3.01. The number of hydrogen-bond donors (Lipinski definition) is 0. The molecule has 1 aromatic heterocycles. The van der Waals surface area contributed by atoms with Gasteiger partial charge < -0.3 is 18.6 Å². The molecule has 9 heteroatoms. The highest BCUT2D eigenvalue weighted by Crippen LogP contribution is 2.39. The van der Waals surface area contributed by atoms with E-state index in [0.717, 1.165) is 17.2 Å². The first kappa shape index (κ1) is 25.6. The molecule has 0 saturated carbocycles. The average molecular weight is 532 g/mol. The quantitative estimate of drug-likeness (QED) is 0.167. The van der Waals surface area contributed by atoms with E-state index in [1.165, 1.54) is 43.5 Å². The maximum Gasteiger partial charge on any atom is 0.453 e. The summed E-state index contributed by atoms with van der Waals surface area (Å²) in [7, 11) is 1.43. The number of methoxy groups -OCH3 is 1. The van der Waals surface area contributed by atoms with Crippen molar-refractivity contribution in [3.63, 3.8) is 0 Å². The van der Waals surface area contributed by atoms with Gasteiger partial charge in [-0.05, 0) is 59.7 Å². The van der Waals surface area contributed by atoms with Crippen LogP contribution in [-0.2, 0) is 6.18 Å². The topological polar surface area (TPSA) is 75.0 Å². The molecule has 0 N–H and O–H groups in total. The van der Waals surface area contributed by atoms with Crippen molar-refractivity contribution in [3.05, 3.63) is 119 Å². The number of alkyl halides is 3. The highest BCUT2D eigenvalue weighted by Gasteiger charge is 2.40. The van der Waals surface area contributed by atoms with Gasteiger partial charge in [-0.25, -0.2) is 4.79 Å². The second-order valence-corrected chi connectivity index (χ2v) is 8.36. The van der Waals surface area contributed by atoms with Crippen molar-refractivity contribution in [3.8, 4) is 34.1 Å². The summed E-state index contributed by atoms with van der Waals surface area (Å²) < 4.78 is 62.3. The molecule has 6 nitrogen and oxygen atoms in total. The minimum Gasteiger partial charge on any atom is -0.497 e. The van der Waals surface area contributed by atoms with Crippen molar-refractivity contribution in [1.29, 1.82) is 0 Å². The summed E-state index contributed by atoms with van der Waals surface area (Å²) in [5, 5.41) is -0.182. The Kier molecular flexibility index (Phi) is 6.81. The number of ether oxygens (including phenoxy) is 3. The average Bonchev–Trinajstić information content (AvgIpc) is 2.94. The van der Waals surface area contributed by atoms with E-state index in [1.54, 1.807) is 24.3 Å². The van der Waals surface area contributed by atoms with Gasteiger partial charge in [0.25, 0.3) is 5.76 Å². The normalized spacial score (nSPS) is 11.3. The number of esters is 1. The van der Waals surface area contributed by atoms with Gasteiger partial charge in [0.05, 0.1) is 18.1 Å². The van der Waals surface area contributed by atoms with Crippen molar-refractivity contribution in [2.24, 2.45) is 0 Å². The lowest BCUT2D eigenvalue weighted by molar-refractivity contribution is -0.154. The third-order valence-corrected chi connectivity index (χ3v) is 5.80. The Hall–Kier alpha value is -5.05. The van der Waals surface area contributed by atoms with E-state index in [0.29, 0.717) is 5.75 Å². The molecule has 196 valence electrons. The molecule has 0 aliphatic carbocycles. The maximum atomic E-state index is 13.8. The predicted octanol–water partition coefficient (Wildman–Crippen LogP) is 7.50. The minimum absolute atomic E-state index is 0.0169. The van der Waals surface area contributed by atoms with E-state index in [4.69, 9.17) is 18.6 Å². The Labute approximate surface area is 219 Å². The summed E-state index contributed by atoms with van der Waals surface area (Å²) in [6.45, 7) is 0. The van der Waals surface area contributed by atoms with Gasteiger partial charge in [-0.1, -0.05) is 42.5 Å². The minimum atomic E-state index is -5.04. The van der Waals surface area contributed by atoms with E-state index in [9.17, 15) is 22.8 Å². The number of carbonyl (C=O) groups is 1. The molecule has 0 aliphatic heterocycles. The van der Waals surface area contributed by atoms with Crippen molar-refractivity contribution in [1.82, 2.24) is 0 Å². The smallest absolute Gasteiger partial charge is 0.453 e. The number of carbonyl (C=O) groups excluding carboxylic acids is 1. The molecular formula is C30H19F3O6. The molecule has 1 heterocycles. The molecule has 0 radical (unpaired) electrons. The van der Waals surface area contributed by atoms with Crippen LogP contribution in [-0.4, -0.2) is 13.1 Å². The van der Waals surface area contributed by atoms with Crippen LogP contribution in [0.25, 0.3) is 22.1 Å². The van der Waals surface area contributed by atoms with Gasteiger partial charge in [-0.2, -0.15) is 13.2 Å². The van der Waals surface area contributed by atoms with Gasteiger partial charge in [-0.3, -0.25) is 4.79 Å². The fraction of sp³-hybridized carbons (Fsp3) is 0.0667. The standard InChI is InChI=1S/C30H19F3O6/c1-36-21-11-13-22(14-12-21)37-27-26(34)24-16-15-23(17-25(24)39-28(27)30(31,32)33)38-29(35)20-9-7-19(8-10-20)18-5-3-2-4-6-18/h2-17H,1H3. The Morgan fingerprint density at radius 1 is 0.769 bits per heavy atom. The molecule has 5 aromatic rings. The lowest BCUT2D eigenvalue weighted by atomic mass is 10.0.